The van der Waals surface area contributed by atoms with Crippen molar-refractivity contribution in [2.75, 3.05) is 6.61 Å². The molecule has 3 rings (SSSR count). The Morgan fingerprint density at radius 2 is 1.76 bits per heavy atom. The van der Waals surface area contributed by atoms with Crippen LogP contribution in [0.15, 0.2) is 42.5 Å². The molecular weight excluding hydrogens is 265 g/mol. The first-order valence-corrected chi connectivity index (χ1v) is 7.67. The van der Waals surface area contributed by atoms with Crippen LogP contribution in [0.2, 0.25) is 0 Å². The third-order valence-electron chi connectivity index (χ3n) is 4.08. The van der Waals surface area contributed by atoms with Gasteiger partial charge in [-0.05, 0) is 55.2 Å². The monoisotopic (exact) mass is 285 g/mol. The standard InChI is InChI=1S/C18H20FNO/c19-18-8-4-7-17(20-18)15-9-11-16(12-10-15)21-13-14-5-2-1-3-6-14/h4,7-12,14H,1-3,5-6,13H2. The predicted octanol–water partition coefficient (Wildman–Crippen LogP) is 4.85. The Bertz CT molecular complexity index is 576. The molecule has 0 unspecified atom stereocenters. The lowest BCUT2D eigenvalue weighted by Gasteiger charge is -2.21. The van der Waals surface area contributed by atoms with Gasteiger partial charge < -0.3 is 4.74 Å². The number of halogens is 1. The van der Waals surface area contributed by atoms with Gasteiger partial charge in [-0.3, -0.25) is 0 Å². The van der Waals surface area contributed by atoms with Gasteiger partial charge in [-0.1, -0.05) is 25.3 Å². The number of ether oxygens (including phenoxy) is 1. The maximum atomic E-state index is 13.1. The number of benzene rings is 1. The molecule has 2 aromatic rings. The molecule has 2 nitrogen and oxygen atoms in total. The molecule has 21 heavy (non-hydrogen) atoms. The van der Waals surface area contributed by atoms with Crippen LogP contribution in [0.4, 0.5) is 4.39 Å². The van der Waals surface area contributed by atoms with Crippen molar-refractivity contribution < 1.29 is 9.13 Å². The quantitative estimate of drug-likeness (QED) is 0.749. The normalized spacial score (nSPS) is 15.9. The van der Waals surface area contributed by atoms with E-state index in [-0.39, 0.29) is 0 Å². The first-order valence-electron chi connectivity index (χ1n) is 7.67. The molecule has 0 N–H and O–H groups in total. The zero-order valence-electron chi connectivity index (χ0n) is 12.1. The molecule has 0 radical (unpaired) electrons. The van der Waals surface area contributed by atoms with Crippen molar-refractivity contribution in [1.82, 2.24) is 4.98 Å². The van der Waals surface area contributed by atoms with Gasteiger partial charge in [0.25, 0.3) is 0 Å². The van der Waals surface area contributed by atoms with Crippen LogP contribution in [0, 0.1) is 11.9 Å². The van der Waals surface area contributed by atoms with Crippen LogP contribution in [-0.2, 0) is 0 Å². The highest BCUT2D eigenvalue weighted by Crippen LogP contribution is 2.25. The molecule has 1 aromatic heterocycles. The molecule has 0 spiro atoms. The molecule has 1 heterocycles. The first-order chi connectivity index (χ1) is 10.3. The number of hydrogen-bond acceptors (Lipinski definition) is 2. The van der Waals surface area contributed by atoms with Crippen molar-refractivity contribution in [3.8, 4) is 17.0 Å². The summed E-state index contributed by atoms with van der Waals surface area (Å²) in [5.41, 5.74) is 1.55. The van der Waals surface area contributed by atoms with Crippen molar-refractivity contribution in [2.24, 2.45) is 5.92 Å². The second kappa shape index (κ2) is 6.70. The van der Waals surface area contributed by atoms with Crippen LogP contribution in [0.1, 0.15) is 32.1 Å². The summed E-state index contributed by atoms with van der Waals surface area (Å²) in [6, 6.07) is 12.6. The van der Waals surface area contributed by atoms with Crippen LogP contribution in [-0.4, -0.2) is 11.6 Å². The zero-order chi connectivity index (χ0) is 14.5. The first kappa shape index (κ1) is 14.1. The summed E-state index contributed by atoms with van der Waals surface area (Å²) in [5.74, 6) is 1.12. The highest BCUT2D eigenvalue weighted by atomic mass is 19.1. The van der Waals surface area contributed by atoms with Gasteiger partial charge in [-0.25, -0.2) is 4.98 Å². The Kier molecular flexibility index (Phi) is 4.49. The second-order valence-corrected chi connectivity index (χ2v) is 5.68. The lowest BCUT2D eigenvalue weighted by Crippen LogP contribution is -2.15. The maximum Gasteiger partial charge on any atom is 0.213 e. The largest absolute Gasteiger partial charge is 0.493 e. The van der Waals surface area contributed by atoms with E-state index in [1.54, 1.807) is 12.1 Å². The number of nitrogens with zero attached hydrogens (tertiary/aromatic N) is 1. The van der Waals surface area contributed by atoms with E-state index in [1.807, 2.05) is 24.3 Å². The summed E-state index contributed by atoms with van der Waals surface area (Å²) in [6.07, 6.45) is 6.60. The van der Waals surface area contributed by atoms with Crippen LogP contribution >= 0.6 is 0 Å². The van der Waals surface area contributed by atoms with Gasteiger partial charge in [0.15, 0.2) is 0 Å². The molecule has 1 aliphatic carbocycles. The summed E-state index contributed by atoms with van der Waals surface area (Å²) >= 11 is 0. The summed E-state index contributed by atoms with van der Waals surface area (Å²) in [4.78, 5) is 3.89. The van der Waals surface area contributed by atoms with Crippen molar-refractivity contribution in [2.45, 2.75) is 32.1 Å². The molecule has 1 aromatic carbocycles. The highest BCUT2D eigenvalue weighted by molar-refractivity contribution is 5.59. The van der Waals surface area contributed by atoms with E-state index in [0.29, 0.717) is 11.6 Å². The van der Waals surface area contributed by atoms with Gasteiger partial charge in [-0.15, -0.1) is 0 Å². The van der Waals surface area contributed by atoms with E-state index in [9.17, 15) is 4.39 Å². The van der Waals surface area contributed by atoms with Gasteiger partial charge in [-0.2, -0.15) is 4.39 Å². The Morgan fingerprint density at radius 3 is 2.48 bits per heavy atom. The van der Waals surface area contributed by atoms with E-state index in [2.05, 4.69) is 4.98 Å². The van der Waals surface area contributed by atoms with Crippen LogP contribution in [0.5, 0.6) is 5.75 Å². The van der Waals surface area contributed by atoms with Crippen molar-refractivity contribution >= 4 is 0 Å². The Balaban J connectivity index is 1.61. The van der Waals surface area contributed by atoms with Gasteiger partial charge in [0, 0.05) is 5.56 Å². The van der Waals surface area contributed by atoms with Crippen molar-refractivity contribution in [3.05, 3.63) is 48.4 Å². The van der Waals surface area contributed by atoms with E-state index in [4.69, 9.17) is 4.74 Å². The second-order valence-electron chi connectivity index (χ2n) is 5.68. The Morgan fingerprint density at radius 1 is 1.00 bits per heavy atom. The highest BCUT2D eigenvalue weighted by Gasteiger charge is 2.13. The fourth-order valence-electron chi connectivity index (χ4n) is 2.86. The summed E-state index contributed by atoms with van der Waals surface area (Å²) in [6.45, 7) is 0.803. The van der Waals surface area contributed by atoms with E-state index in [1.165, 1.54) is 38.2 Å². The molecule has 1 aliphatic rings. The predicted molar refractivity (Wildman–Crippen MR) is 81.7 cm³/mol. The molecule has 1 fully saturated rings. The van der Waals surface area contributed by atoms with E-state index in [0.717, 1.165) is 17.9 Å². The molecule has 0 amide bonds. The number of aromatic nitrogens is 1. The lowest BCUT2D eigenvalue weighted by molar-refractivity contribution is 0.209. The summed E-state index contributed by atoms with van der Waals surface area (Å²) in [5, 5.41) is 0. The SMILES string of the molecule is Fc1cccc(-c2ccc(OCC3CCCCC3)cc2)n1. The number of hydrogen-bond donors (Lipinski definition) is 0. The lowest BCUT2D eigenvalue weighted by atomic mass is 9.90. The average Bonchev–Trinajstić information content (AvgIpc) is 2.54. The maximum absolute atomic E-state index is 13.1. The third kappa shape index (κ3) is 3.81. The third-order valence-corrected chi connectivity index (χ3v) is 4.08. The number of rotatable bonds is 4. The van der Waals surface area contributed by atoms with Gasteiger partial charge in [0.2, 0.25) is 5.95 Å². The van der Waals surface area contributed by atoms with Crippen LogP contribution in [0.25, 0.3) is 11.3 Å². The van der Waals surface area contributed by atoms with Gasteiger partial charge >= 0.3 is 0 Å². The zero-order valence-corrected chi connectivity index (χ0v) is 12.1. The average molecular weight is 285 g/mol. The Hall–Kier alpha value is -1.90. The summed E-state index contributed by atoms with van der Waals surface area (Å²) < 4.78 is 19.0. The minimum atomic E-state index is -0.454. The topological polar surface area (TPSA) is 22.1 Å². The molecular formula is C18H20FNO. The smallest absolute Gasteiger partial charge is 0.213 e. The van der Waals surface area contributed by atoms with E-state index < -0.39 is 5.95 Å². The molecule has 0 saturated heterocycles. The van der Waals surface area contributed by atoms with Gasteiger partial charge in [0.1, 0.15) is 5.75 Å². The fraction of sp³-hybridized carbons (Fsp3) is 0.389. The van der Waals surface area contributed by atoms with Crippen molar-refractivity contribution in [3.63, 3.8) is 0 Å². The molecule has 1 saturated carbocycles. The molecule has 0 bridgehead atoms. The fourth-order valence-corrected chi connectivity index (χ4v) is 2.86. The molecule has 0 aliphatic heterocycles. The molecule has 0 atom stereocenters. The molecule has 110 valence electrons. The minimum Gasteiger partial charge on any atom is -0.493 e. The van der Waals surface area contributed by atoms with Gasteiger partial charge in [0.05, 0.1) is 12.3 Å². The van der Waals surface area contributed by atoms with Crippen molar-refractivity contribution in [1.29, 1.82) is 0 Å². The van der Waals surface area contributed by atoms with Crippen LogP contribution < -0.4 is 4.74 Å². The minimum absolute atomic E-state index is 0.454. The number of pyridine rings is 1. The van der Waals surface area contributed by atoms with E-state index >= 15 is 0 Å². The summed E-state index contributed by atoms with van der Waals surface area (Å²) in [7, 11) is 0. The molecule has 3 heteroatoms. The Labute approximate surface area is 125 Å². The van der Waals surface area contributed by atoms with Crippen LogP contribution in [0.3, 0.4) is 0 Å².